The SMILES string of the molecule is CN=C(NCCS(=O)Cc1ccccc1)NCC1(CN2CCOCC2)CCCCC1. The standard InChI is InChI=1S/C23H38N4O2S/c1-24-22(25-12-17-30(28)18-21-8-4-2-5-9-21)26-19-23(10-6-3-7-11-23)20-27-13-15-29-16-14-27/h2,4-5,8-9H,3,6-7,10-20H2,1H3,(H2,24,25,26). The number of rotatable bonds is 9. The van der Waals surface area contributed by atoms with Crippen LogP contribution in [0.3, 0.4) is 0 Å². The Hall–Kier alpha value is -1.44. The maximum atomic E-state index is 12.4. The number of ether oxygens (including phenoxy) is 1. The molecule has 3 rings (SSSR count). The molecule has 168 valence electrons. The third kappa shape index (κ3) is 7.67. The Bertz CT molecular complexity index is 671. The normalized spacial score (nSPS) is 21.2. The van der Waals surface area contributed by atoms with Crippen molar-refractivity contribution in [2.75, 3.05) is 58.7 Å². The molecule has 1 aromatic carbocycles. The summed E-state index contributed by atoms with van der Waals surface area (Å²) in [6.07, 6.45) is 6.53. The van der Waals surface area contributed by atoms with E-state index in [1.165, 1.54) is 32.1 Å². The fourth-order valence-electron chi connectivity index (χ4n) is 4.53. The molecule has 30 heavy (non-hydrogen) atoms. The molecule has 0 amide bonds. The van der Waals surface area contributed by atoms with E-state index in [0.29, 0.717) is 23.5 Å². The molecule has 1 atom stereocenters. The van der Waals surface area contributed by atoms with Gasteiger partial charge < -0.3 is 15.4 Å². The molecule has 1 aliphatic heterocycles. The molecule has 6 nitrogen and oxygen atoms in total. The molecule has 1 unspecified atom stereocenters. The molecule has 0 bridgehead atoms. The van der Waals surface area contributed by atoms with E-state index in [-0.39, 0.29) is 0 Å². The molecule has 2 aliphatic rings. The lowest BCUT2D eigenvalue weighted by molar-refractivity contribution is 0.00820. The van der Waals surface area contributed by atoms with E-state index in [4.69, 9.17) is 4.74 Å². The number of nitrogens with zero attached hydrogens (tertiary/aromatic N) is 2. The lowest BCUT2D eigenvalue weighted by Gasteiger charge is -2.42. The monoisotopic (exact) mass is 434 g/mol. The maximum Gasteiger partial charge on any atom is 0.191 e. The Balaban J connectivity index is 1.43. The van der Waals surface area contributed by atoms with Crippen molar-refractivity contribution in [3.8, 4) is 0 Å². The Labute approximate surface area is 184 Å². The number of hydrogen-bond acceptors (Lipinski definition) is 4. The first-order valence-electron chi connectivity index (χ1n) is 11.3. The van der Waals surface area contributed by atoms with Gasteiger partial charge in [-0.1, -0.05) is 49.6 Å². The van der Waals surface area contributed by atoms with Crippen LogP contribution in [-0.2, 0) is 21.3 Å². The van der Waals surface area contributed by atoms with Crippen molar-refractivity contribution >= 4 is 16.8 Å². The second kappa shape index (κ2) is 12.4. The summed E-state index contributed by atoms with van der Waals surface area (Å²) in [6, 6.07) is 10.0. The van der Waals surface area contributed by atoms with Gasteiger partial charge in [-0.15, -0.1) is 0 Å². The van der Waals surface area contributed by atoms with Crippen LogP contribution in [-0.4, -0.2) is 73.8 Å². The van der Waals surface area contributed by atoms with Crippen LogP contribution in [0.5, 0.6) is 0 Å². The molecule has 1 aliphatic carbocycles. The summed E-state index contributed by atoms with van der Waals surface area (Å²) in [6.45, 7) is 6.54. The van der Waals surface area contributed by atoms with Gasteiger partial charge in [0.05, 0.1) is 13.2 Å². The van der Waals surface area contributed by atoms with Crippen LogP contribution >= 0.6 is 0 Å². The van der Waals surface area contributed by atoms with Gasteiger partial charge >= 0.3 is 0 Å². The lowest BCUT2D eigenvalue weighted by Crippen LogP contribution is -2.51. The molecule has 1 saturated heterocycles. The summed E-state index contributed by atoms with van der Waals surface area (Å²) in [4.78, 5) is 6.96. The highest BCUT2D eigenvalue weighted by Gasteiger charge is 2.34. The number of hydrogen-bond donors (Lipinski definition) is 2. The summed E-state index contributed by atoms with van der Waals surface area (Å²) in [7, 11) is 0.937. The van der Waals surface area contributed by atoms with E-state index >= 15 is 0 Å². The number of nitrogens with one attached hydrogen (secondary N) is 2. The zero-order chi connectivity index (χ0) is 21.1. The van der Waals surface area contributed by atoms with Gasteiger partial charge in [0.2, 0.25) is 0 Å². The number of morpholine rings is 1. The predicted molar refractivity (Wildman–Crippen MR) is 125 cm³/mol. The topological polar surface area (TPSA) is 66.0 Å². The van der Waals surface area contributed by atoms with Crippen molar-refractivity contribution in [3.05, 3.63) is 35.9 Å². The molecule has 1 heterocycles. The minimum absolute atomic E-state index is 0.309. The largest absolute Gasteiger partial charge is 0.379 e. The molecule has 1 aromatic rings. The first-order valence-corrected chi connectivity index (χ1v) is 12.8. The van der Waals surface area contributed by atoms with Crippen molar-refractivity contribution in [2.45, 2.75) is 37.9 Å². The van der Waals surface area contributed by atoms with Gasteiger partial charge in [0.1, 0.15) is 0 Å². The zero-order valence-electron chi connectivity index (χ0n) is 18.4. The van der Waals surface area contributed by atoms with Crippen LogP contribution in [0.25, 0.3) is 0 Å². The molecular weight excluding hydrogens is 396 g/mol. The van der Waals surface area contributed by atoms with Gasteiger partial charge in [-0.25, -0.2) is 0 Å². The summed E-state index contributed by atoms with van der Waals surface area (Å²) < 4.78 is 17.9. The van der Waals surface area contributed by atoms with E-state index in [0.717, 1.165) is 50.9 Å². The minimum Gasteiger partial charge on any atom is -0.379 e. The summed E-state index contributed by atoms with van der Waals surface area (Å²) >= 11 is 0. The third-order valence-electron chi connectivity index (χ3n) is 6.22. The van der Waals surface area contributed by atoms with Crippen LogP contribution in [0, 0.1) is 5.41 Å². The van der Waals surface area contributed by atoms with Crippen LogP contribution in [0.1, 0.15) is 37.7 Å². The van der Waals surface area contributed by atoms with Crippen LogP contribution in [0.2, 0.25) is 0 Å². The van der Waals surface area contributed by atoms with Crippen molar-refractivity contribution < 1.29 is 8.95 Å². The van der Waals surface area contributed by atoms with Crippen molar-refractivity contribution in [1.29, 1.82) is 0 Å². The fourth-order valence-corrected chi connectivity index (χ4v) is 5.57. The fraction of sp³-hybridized carbons (Fsp3) is 0.696. The number of benzene rings is 1. The molecular formula is C23H38N4O2S. The maximum absolute atomic E-state index is 12.4. The lowest BCUT2D eigenvalue weighted by atomic mass is 9.73. The molecule has 0 spiro atoms. The predicted octanol–water partition coefficient (Wildman–Crippen LogP) is 2.38. The first-order chi connectivity index (χ1) is 14.7. The van der Waals surface area contributed by atoms with E-state index in [1.54, 1.807) is 0 Å². The van der Waals surface area contributed by atoms with Crippen molar-refractivity contribution in [3.63, 3.8) is 0 Å². The second-order valence-corrected chi connectivity index (χ2v) is 10.2. The first kappa shape index (κ1) is 23.2. The molecule has 2 fully saturated rings. The molecule has 0 aromatic heterocycles. The highest BCUT2D eigenvalue weighted by molar-refractivity contribution is 7.84. The van der Waals surface area contributed by atoms with Gasteiger partial charge in [-0.3, -0.25) is 14.1 Å². The van der Waals surface area contributed by atoms with Gasteiger partial charge in [0.15, 0.2) is 5.96 Å². The molecule has 2 N–H and O–H groups in total. The Morgan fingerprint density at radius 1 is 1.13 bits per heavy atom. The average Bonchev–Trinajstić information content (AvgIpc) is 2.78. The van der Waals surface area contributed by atoms with Gasteiger partial charge in [0, 0.05) is 67.5 Å². The van der Waals surface area contributed by atoms with Crippen LogP contribution in [0.15, 0.2) is 35.3 Å². The van der Waals surface area contributed by atoms with E-state index in [9.17, 15) is 4.21 Å². The van der Waals surface area contributed by atoms with Crippen molar-refractivity contribution in [2.24, 2.45) is 10.4 Å². The highest BCUT2D eigenvalue weighted by Crippen LogP contribution is 2.36. The zero-order valence-corrected chi connectivity index (χ0v) is 19.2. The third-order valence-corrected chi connectivity index (χ3v) is 7.54. The Kier molecular flexibility index (Phi) is 9.62. The minimum atomic E-state index is -0.875. The van der Waals surface area contributed by atoms with Crippen molar-refractivity contribution in [1.82, 2.24) is 15.5 Å². The number of aliphatic imine (C=N–C) groups is 1. The van der Waals surface area contributed by atoms with Crippen LogP contribution in [0.4, 0.5) is 0 Å². The Morgan fingerprint density at radius 2 is 1.87 bits per heavy atom. The van der Waals surface area contributed by atoms with E-state index in [1.807, 2.05) is 37.4 Å². The van der Waals surface area contributed by atoms with E-state index in [2.05, 4.69) is 20.5 Å². The average molecular weight is 435 g/mol. The highest BCUT2D eigenvalue weighted by atomic mass is 32.2. The van der Waals surface area contributed by atoms with E-state index < -0.39 is 10.8 Å². The molecule has 1 saturated carbocycles. The molecule has 7 heteroatoms. The second-order valence-electron chi connectivity index (χ2n) is 8.58. The smallest absolute Gasteiger partial charge is 0.191 e. The van der Waals surface area contributed by atoms with Gasteiger partial charge in [-0.05, 0) is 18.4 Å². The number of guanidine groups is 1. The molecule has 0 radical (unpaired) electrons. The summed E-state index contributed by atoms with van der Waals surface area (Å²) in [5.41, 5.74) is 1.43. The Morgan fingerprint density at radius 3 is 2.57 bits per heavy atom. The van der Waals surface area contributed by atoms with Gasteiger partial charge in [0.25, 0.3) is 0 Å². The summed E-state index contributed by atoms with van der Waals surface area (Å²) in [5.74, 6) is 2.05. The van der Waals surface area contributed by atoms with Crippen LogP contribution < -0.4 is 10.6 Å². The quantitative estimate of drug-likeness (QED) is 0.461. The summed E-state index contributed by atoms with van der Waals surface area (Å²) in [5, 5.41) is 6.93. The van der Waals surface area contributed by atoms with Gasteiger partial charge in [-0.2, -0.15) is 0 Å².